The molecule has 0 aliphatic carbocycles. The third-order valence-electron chi connectivity index (χ3n) is 5.35. The van der Waals surface area contributed by atoms with Gasteiger partial charge in [0.1, 0.15) is 0 Å². The number of fused-ring (bicyclic) bond motifs is 1. The second-order valence-electron chi connectivity index (χ2n) is 7.06. The van der Waals surface area contributed by atoms with E-state index in [2.05, 4.69) is 31.4 Å². The monoisotopic (exact) mass is 505 g/mol. The normalized spacial score (nSPS) is 14.1. The van der Waals surface area contributed by atoms with Crippen molar-refractivity contribution in [1.29, 1.82) is 0 Å². The standard InChI is InChI=1S/C21H35N3O3.HI/c1-4-21(5-2,10-11-25)16-24-20(22-6-3)23-15-17-8-9-18-19(14-17)27-13-7-12-26-18;/h8-9,14,25H,4-7,10-13,15-16H2,1-3H3,(H2,22,23,24);1H. The van der Waals surface area contributed by atoms with Gasteiger partial charge in [-0.05, 0) is 49.3 Å². The predicted octanol–water partition coefficient (Wildman–Crippen LogP) is 3.71. The van der Waals surface area contributed by atoms with Gasteiger partial charge < -0.3 is 25.2 Å². The quantitative estimate of drug-likeness (QED) is 0.271. The van der Waals surface area contributed by atoms with E-state index >= 15 is 0 Å². The maximum absolute atomic E-state index is 9.41. The lowest BCUT2D eigenvalue weighted by molar-refractivity contribution is 0.169. The number of ether oxygens (including phenoxy) is 2. The second kappa shape index (κ2) is 13.1. The van der Waals surface area contributed by atoms with E-state index in [4.69, 9.17) is 14.5 Å². The van der Waals surface area contributed by atoms with Crippen LogP contribution in [0.2, 0.25) is 0 Å². The summed E-state index contributed by atoms with van der Waals surface area (Å²) in [7, 11) is 0. The van der Waals surface area contributed by atoms with E-state index in [1.165, 1.54) is 0 Å². The largest absolute Gasteiger partial charge is 0.490 e. The van der Waals surface area contributed by atoms with Gasteiger partial charge in [-0.1, -0.05) is 19.9 Å². The molecule has 0 saturated carbocycles. The Morgan fingerprint density at radius 3 is 2.46 bits per heavy atom. The summed E-state index contributed by atoms with van der Waals surface area (Å²) < 4.78 is 11.4. The molecule has 7 heteroatoms. The Morgan fingerprint density at radius 1 is 1.11 bits per heavy atom. The number of aliphatic hydroxyl groups is 1. The van der Waals surface area contributed by atoms with Crippen LogP contribution in [0, 0.1) is 5.41 Å². The Balaban J connectivity index is 0.00000392. The minimum atomic E-state index is 0. The van der Waals surface area contributed by atoms with Crippen molar-refractivity contribution < 1.29 is 14.6 Å². The van der Waals surface area contributed by atoms with E-state index in [1.807, 2.05) is 18.2 Å². The van der Waals surface area contributed by atoms with Gasteiger partial charge in [-0.25, -0.2) is 4.99 Å². The number of hydrogen-bond donors (Lipinski definition) is 3. The lowest BCUT2D eigenvalue weighted by atomic mass is 9.79. The molecule has 1 aromatic rings. The zero-order valence-corrected chi connectivity index (χ0v) is 19.8. The van der Waals surface area contributed by atoms with Gasteiger partial charge >= 0.3 is 0 Å². The summed E-state index contributed by atoms with van der Waals surface area (Å²) in [6, 6.07) is 6.02. The van der Waals surface area contributed by atoms with Crippen molar-refractivity contribution in [1.82, 2.24) is 10.6 Å². The molecule has 1 aliphatic heterocycles. The number of nitrogens with zero attached hydrogens (tertiary/aromatic N) is 1. The van der Waals surface area contributed by atoms with Crippen LogP contribution in [0.1, 0.15) is 52.0 Å². The van der Waals surface area contributed by atoms with Crippen LogP contribution >= 0.6 is 24.0 Å². The summed E-state index contributed by atoms with van der Waals surface area (Å²) in [5, 5.41) is 16.2. The Morgan fingerprint density at radius 2 is 1.82 bits per heavy atom. The first-order chi connectivity index (χ1) is 13.2. The highest BCUT2D eigenvalue weighted by Crippen LogP contribution is 2.31. The first-order valence-corrected chi connectivity index (χ1v) is 10.2. The van der Waals surface area contributed by atoms with E-state index in [1.54, 1.807) is 0 Å². The maximum atomic E-state index is 9.41. The molecule has 1 aliphatic rings. The van der Waals surface area contributed by atoms with E-state index < -0.39 is 0 Å². The molecule has 160 valence electrons. The Bertz CT molecular complexity index is 607. The number of aliphatic hydroxyl groups excluding tert-OH is 1. The number of rotatable bonds is 9. The molecule has 0 atom stereocenters. The van der Waals surface area contributed by atoms with Crippen LogP contribution in [0.15, 0.2) is 23.2 Å². The van der Waals surface area contributed by atoms with Gasteiger partial charge in [0.2, 0.25) is 0 Å². The topological polar surface area (TPSA) is 75.1 Å². The van der Waals surface area contributed by atoms with E-state index in [0.29, 0.717) is 19.8 Å². The molecule has 2 rings (SSSR count). The molecular formula is C21H36IN3O3. The van der Waals surface area contributed by atoms with Crippen molar-refractivity contribution in [3.05, 3.63) is 23.8 Å². The van der Waals surface area contributed by atoms with Crippen LogP contribution in [-0.4, -0.2) is 44.0 Å². The van der Waals surface area contributed by atoms with Gasteiger partial charge in [0, 0.05) is 26.1 Å². The lowest BCUT2D eigenvalue weighted by Crippen LogP contribution is -2.43. The smallest absolute Gasteiger partial charge is 0.191 e. The molecule has 0 spiro atoms. The zero-order chi connectivity index (χ0) is 19.5. The van der Waals surface area contributed by atoms with Crippen LogP contribution in [-0.2, 0) is 6.54 Å². The van der Waals surface area contributed by atoms with Gasteiger partial charge in [0.25, 0.3) is 0 Å². The molecule has 1 heterocycles. The molecule has 0 unspecified atom stereocenters. The molecule has 0 bridgehead atoms. The molecule has 6 nitrogen and oxygen atoms in total. The molecule has 0 aromatic heterocycles. The SMILES string of the molecule is CCNC(=NCc1ccc2c(c1)OCCCO2)NCC(CC)(CC)CCO.I. The van der Waals surface area contributed by atoms with Crippen molar-refractivity contribution in [3.63, 3.8) is 0 Å². The minimum Gasteiger partial charge on any atom is -0.490 e. The average Bonchev–Trinajstić information content (AvgIpc) is 2.94. The minimum absolute atomic E-state index is 0. The third-order valence-corrected chi connectivity index (χ3v) is 5.35. The van der Waals surface area contributed by atoms with Crippen molar-refractivity contribution in [2.24, 2.45) is 10.4 Å². The molecule has 3 N–H and O–H groups in total. The number of hydrogen-bond acceptors (Lipinski definition) is 4. The molecule has 1 aromatic carbocycles. The Labute approximate surface area is 186 Å². The Hall–Kier alpha value is -1.22. The number of benzene rings is 1. The fraction of sp³-hybridized carbons (Fsp3) is 0.667. The maximum Gasteiger partial charge on any atom is 0.191 e. The van der Waals surface area contributed by atoms with Crippen molar-refractivity contribution >= 4 is 29.9 Å². The van der Waals surface area contributed by atoms with Gasteiger partial charge in [-0.2, -0.15) is 0 Å². The number of nitrogens with one attached hydrogen (secondary N) is 2. The number of aliphatic imine (C=N–C) groups is 1. The summed E-state index contributed by atoms with van der Waals surface area (Å²) in [5.41, 5.74) is 1.18. The average molecular weight is 505 g/mol. The van der Waals surface area contributed by atoms with Crippen molar-refractivity contribution in [2.45, 2.75) is 53.0 Å². The highest BCUT2D eigenvalue weighted by molar-refractivity contribution is 14.0. The molecule has 0 fully saturated rings. The Kier molecular flexibility index (Phi) is 11.6. The van der Waals surface area contributed by atoms with Gasteiger partial charge in [-0.15, -0.1) is 24.0 Å². The molecule has 28 heavy (non-hydrogen) atoms. The highest BCUT2D eigenvalue weighted by Gasteiger charge is 2.25. The van der Waals surface area contributed by atoms with Crippen molar-refractivity contribution in [3.8, 4) is 11.5 Å². The molecular weight excluding hydrogens is 469 g/mol. The lowest BCUT2D eigenvalue weighted by Gasteiger charge is -2.32. The first kappa shape index (κ1) is 24.8. The summed E-state index contributed by atoms with van der Waals surface area (Å²) >= 11 is 0. The first-order valence-electron chi connectivity index (χ1n) is 10.2. The zero-order valence-electron chi connectivity index (χ0n) is 17.4. The van der Waals surface area contributed by atoms with E-state index in [0.717, 1.165) is 61.8 Å². The van der Waals surface area contributed by atoms with E-state index in [9.17, 15) is 5.11 Å². The second-order valence-corrected chi connectivity index (χ2v) is 7.06. The van der Waals surface area contributed by atoms with Gasteiger partial charge in [0.05, 0.1) is 19.8 Å². The van der Waals surface area contributed by atoms with Crippen LogP contribution in [0.4, 0.5) is 0 Å². The predicted molar refractivity (Wildman–Crippen MR) is 125 cm³/mol. The van der Waals surface area contributed by atoms with Crippen LogP contribution in [0.5, 0.6) is 11.5 Å². The molecule has 0 radical (unpaired) electrons. The summed E-state index contributed by atoms with van der Waals surface area (Å²) in [4.78, 5) is 4.72. The van der Waals surface area contributed by atoms with Crippen LogP contribution < -0.4 is 20.1 Å². The molecule has 0 amide bonds. The third kappa shape index (κ3) is 7.31. The summed E-state index contributed by atoms with van der Waals surface area (Å²) in [6.07, 6.45) is 3.76. The van der Waals surface area contributed by atoms with Gasteiger partial charge in [-0.3, -0.25) is 0 Å². The molecule has 0 saturated heterocycles. The van der Waals surface area contributed by atoms with Gasteiger partial charge in [0.15, 0.2) is 17.5 Å². The number of guanidine groups is 1. The fourth-order valence-electron chi connectivity index (χ4n) is 3.27. The summed E-state index contributed by atoms with van der Waals surface area (Å²) in [5.74, 6) is 2.41. The fourth-order valence-corrected chi connectivity index (χ4v) is 3.27. The number of halogens is 1. The highest BCUT2D eigenvalue weighted by atomic mass is 127. The van der Waals surface area contributed by atoms with E-state index in [-0.39, 0.29) is 36.0 Å². The van der Waals surface area contributed by atoms with Crippen molar-refractivity contribution in [2.75, 3.05) is 32.9 Å². The van der Waals surface area contributed by atoms with Crippen LogP contribution in [0.3, 0.4) is 0 Å². The summed E-state index contributed by atoms with van der Waals surface area (Å²) in [6.45, 7) is 10.2. The van der Waals surface area contributed by atoms with Crippen LogP contribution in [0.25, 0.3) is 0 Å².